The fraction of sp³-hybridized carbons (Fsp3) is 0.448. The highest BCUT2D eigenvalue weighted by molar-refractivity contribution is 5.89. The van der Waals surface area contributed by atoms with E-state index in [0.717, 1.165) is 5.56 Å². The van der Waals surface area contributed by atoms with E-state index in [1.807, 2.05) is 20.9 Å². The Kier molecular flexibility index (Phi) is 7.83. The summed E-state index contributed by atoms with van der Waals surface area (Å²) in [5.74, 6) is -0.284. The number of carbonyl (C=O) groups is 1. The van der Waals surface area contributed by atoms with Gasteiger partial charge in [0.25, 0.3) is 5.56 Å². The summed E-state index contributed by atoms with van der Waals surface area (Å²) in [5.41, 5.74) is 3.02. The van der Waals surface area contributed by atoms with E-state index in [0.29, 0.717) is 35.5 Å². The lowest BCUT2D eigenvalue weighted by Gasteiger charge is -2.48. The molecule has 1 fully saturated rings. The molecule has 1 saturated heterocycles. The maximum atomic E-state index is 13.8. The van der Waals surface area contributed by atoms with Crippen LogP contribution in [-0.4, -0.2) is 63.5 Å². The second-order valence-corrected chi connectivity index (χ2v) is 10.5. The summed E-state index contributed by atoms with van der Waals surface area (Å²) in [6, 6.07) is 13.3. The Morgan fingerprint density at radius 3 is 2.47 bits per heavy atom. The van der Waals surface area contributed by atoms with Crippen molar-refractivity contribution < 1.29 is 9.18 Å². The predicted molar refractivity (Wildman–Crippen MR) is 146 cm³/mol. The normalized spacial score (nSPS) is 19.0. The molecule has 0 N–H and O–H groups in total. The number of nitriles is 1. The topological polar surface area (TPSA) is 85.5 Å². The number of hydrogen-bond acceptors (Lipinski definition) is 6. The SMILES string of the molecule is CC(C)N(C)C(=O)CC(c1ccc(F)cc1)N1C[C@H](C)N(c2cc(=O)n(C)c3ccc(C#N)nc23)C[C@H]1C. The molecule has 0 bridgehead atoms. The van der Waals surface area contributed by atoms with Gasteiger partial charge < -0.3 is 14.4 Å². The molecule has 0 radical (unpaired) electrons. The van der Waals surface area contributed by atoms with Crippen molar-refractivity contribution in [1.29, 1.82) is 5.26 Å². The summed E-state index contributed by atoms with van der Waals surface area (Å²) in [4.78, 5) is 36.8. The zero-order chi connectivity index (χ0) is 27.7. The largest absolute Gasteiger partial charge is 0.364 e. The van der Waals surface area contributed by atoms with Crippen LogP contribution in [-0.2, 0) is 11.8 Å². The predicted octanol–water partition coefficient (Wildman–Crippen LogP) is 3.84. The number of nitrogens with zero attached hydrogens (tertiary/aromatic N) is 6. The number of hydrogen-bond donors (Lipinski definition) is 0. The Balaban J connectivity index is 1.70. The van der Waals surface area contributed by atoms with Gasteiger partial charge in [0.2, 0.25) is 5.91 Å². The molecule has 0 aliphatic carbocycles. The molecular weight excluding hydrogens is 483 g/mol. The average molecular weight is 519 g/mol. The number of fused-ring (bicyclic) bond motifs is 1. The van der Waals surface area contributed by atoms with Gasteiger partial charge in [-0.3, -0.25) is 14.5 Å². The van der Waals surface area contributed by atoms with E-state index in [-0.39, 0.29) is 47.9 Å². The third-order valence-corrected chi connectivity index (χ3v) is 7.72. The van der Waals surface area contributed by atoms with Crippen LogP contribution in [0.3, 0.4) is 0 Å². The van der Waals surface area contributed by atoms with Gasteiger partial charge in [0, 0.05) is 63.8 Å². The number of piperazine rings is 1. The van der Waals surface area contributed by atoms with E-state index in [1.54, 1.807) is 46.8 Å². The molecule has 0 saturated carbocycles. The minimum absolute atomic E-state index is 0.0108. The first-order valence-corrected chi connectivity index (χ1v) is 13.0. The van der Waals surface area contributed by atoms with Crippen LogP contribution in [0.25, 0.3) is 11.0 Å². The van der Waals surface area contributed by atoms with Crippen molar-refractivity contribution in [1.82, 2.24) is 19.4 Å². The van der Waals surface area contributed by atoms with E-state index < -0.39 is 0 Å². The van der Waals surface area contributed by atoms with Crippen LogP contribution < -0.4 is 10.5 Å². The second-order valence-electron chi connectivity index (χ2n) is 10.5. The van der Waals surface area contributed by atoms with Gasteiger partial charge in [0.15, 0.2) is 0 Å². The number of pyridine rings is 2. The number of rotatable bonds is 6. The molecule has 9 heteroatoms. The van der Waals surface area contributed by atoms with Gasteiger partial charge in [-0.1, -0.05) is 12.1 Å². The van der Waals surface area contributed by atoms with E-state index in [4.69, 9.17) is 0 Å². The maximum Gasteiger partial charge on any atom is 0.252 e. The van der Waals surface area contributed by atoms with Crippen molar-refractivity contribution in [2.24, 2.45) is 7.05 Å². The van der Waals surface area contributed by atoms with Gasteiger partial charge in [-0.25, -0.2) is 9.37 Å². The molecule has 3 atom stereocenters. The van der Waals surface area contributed by atoms with Crippen LogP contribution in [0.15, 0.2) is 47.3 Å². The van der Waals surface area contributed by atoms with Crippen molar-refractivity contribution in [3.8, 4) is 6.07 Å². The van der Waals surface area contributed by atoms with Crippen LogP contribution in [0.1, 0.15) is 51.4 Å². The summed E-state index contributed by atoms with van der Waals surface area (Å²) in [5, 5.41) is 9.43. The quantitative estimate of drug-likeness (QED) is 0.493. The lowest BCUT2D eigenvalue weighted by molar-refractivity contribution is -0.133. The fourth-order valence-electron chi connectivity index (χ4n) is 5.23. The van der Waals surface area contributed by atoms with Gasteiger partial charge in [0.05, 0.1) is 11.2 Å². The van der Waals surface area contributed by atoms with Crippen molar-refractivity contribution in [2.75, 3.05) is 25.0 Å². The Bertz CT molecular complexity index is 1430. The smallest absolute Gasteiger partial charge is 0.252 e. The average Bonchev–Trinajstić information content (AvgIpc) is 2.90. The Morgan fingerprint density at radius 2 is 1.84 bits per heavy atom. The second kappa shape index (κ2) is 10.9. The molecule has 38 heavy (non-hydrogen) atoms. The van der Waals surface area contributed by atoms with Crippen LogP contribution in [0.2, 0.25) is 0 Å². The van der Waals surface area contributed by atoms with E-state index in [1.165, 1.54) is 12.1 Å². The van der Waals surface area contributed by atoms with Crippen LogP contribution in [0.5, 0.6) is 0 Å². The number of amides is 1. The van der Waals surface area contributed by atoms with Gasteiger partial charge in [-0.05, 0) is 57.5 Å². The zero-order valence-electron chi connectivity index (χ0n) is 22.8. The number of carbonyl (C=O) groups excluding carboxylic acids is 1. The Morgan fingerprint density at radius 1 is 1.16 bits per heavy atom. The van der Waals surface area contributed by atoms with Gasteiger partial charge >= 0.3 is 0 Å². The molecule has 1 aliphatic rings. The summed E-state index contributed by atoms with van der Waals surface area (Å²) < 4.78 is 15.3. The van der Waals surface area contributed by atoms with Crippen molar-refractivity contribution in [3.63, 3.8) is 0 Å². The number of anilines is 1. The van der Waals surface area contributed by atoms with E-state index in [9.17, 15) is 19.2 Å². The lowest BCUT2D eigenvalue weighted by atomic mass is 9.96. The highest BCUT2D eigenvalue weighted by atomic mass is 19.1. The van der Waals surface area contributed by atoms with Gasteiger partial charge in [-0.15, -0.1) is 0 Å². The van der Waals surface area contributed by atoms with Crippen molar-refractivity contribution >= 4 is 22.6 Å². The monoisotopic (exact) mass is 518 g/mol. The van der Waals surface area contributed by atoms with E-state index >= 15 is 0 Å². The van der Waals surface area contributed by atoms with Gasteiger partial charge in [-0.2, -0.15) is 5.26 Å². The summed E-state index contributed by atoms with van der Waals surface area (Å²) in [6.45, 7) is 9.36. The Labute approximate surface area is 222 Å². The maximum absolute atomic E-state index is 13.8. The molecule has 1 aromatic carbocycles. The lowest BCUT2D eigenvalue weighted by Crippen LogP contribution is -2.58. The van der Waals surface area contributed by atoms with Crippen LogP contribution >= 0.6 is 0 Å². The third-order valence-electron chi connectivity index (χ3n) is 7.72. The number of aromatic nitrogens is 2. The minimum Gasteiger partial charge on any atom is -0.364 e. The molecule has 8 nitrogen and oxygen atoms in total. The highest BCUT2D eigenvalue weighted by Crippen LogP contribution is 2.34. The van der Waals surface area contributed by atoms with Crippen molar-refractivity contribution in [2.45, 2.75) is 58.3 Å². The molecule has 3 aromatic rings. The van der Waals surface area contributed by atoms with Crippen LogP contribution in [0, 0.1) is 17.1 Å². The first-order valence-electron chi connectivity index (χ1n) is 13.0. The van der Waals surface area contributed by atoms with Crippen molar-refractivity contribution in [3.05, 3.63) is 69.9 Å². The minimum atomic E-state index is -0.314. The molecule has 4 rings (SSSR count). The molecule has 1 amide bonds. The molecule has 200 valence electrons. The summed E-state index contributed by atoms with van der Waals surface area (Å²) >= 11 is 0. The molecule has 3 heterocycles. The number of benzene rings is 1. The third kappa shape index (κ3) is 5.27. The molecule has 1 unspecified atom stereocenters. The highest BCUT2D eigenvalue weighted by Gasteiger charge is 2.36. The number of halogens is 1. The summed E-state index contributed by atoms with van der Waals surface area (Å²) in [6.07, 6.45) is 0.277. The fourth-order valence-corrected chi connectivity index (χ4v) is 5.23. The van der Waals surface area contributed by atoms with E-state index in [2.05, 4.69) is 34.7 Å². The summed E-state index contributed by atoms with van der Waals surface area (Å²) in [7, 11) is 3.51. The first-order chi connectivity index (χ1) is 18.0. The molecule has 0 spiro atoms. The number of aryl methyl sites for hydroxylation is 1. The molecular formula is C29H35FN6O2. The zero-order valence-corrected chi connectivity index (χ0v) is 22.8. The van der Waals surface area contributed by atoms with Crippen LogP contribution in [0.4, 0.5) is 10.1 Å². The first kappa shape index (κ1) is 27.3. The molecule has 1 aliphatic heterocycles. The Hall–Kier alpha value is -3.77. The molecule has 2 aromatic heterocycles. The standard InChI is InChI=1S/C29H35FN6O2/c1-18(2)33(5)27(37)13-25(21-7-9-22(30)10-8-21)35-16-20(4)36(17-19(35)3)26-14-28(38)34(6)24-12-11-23(15-31)32-29(24)26/h7-12,14,18-20,25H,13,16-17H2,1-6H3/t19-,20+,25?/m1/s1. The van der Waals surface area contributed by atoms with Gasteiger partial charge in [0.1, 0.15) is 23.1 Å².